The number of amides is 2. The number of aryl methyl sites for hydroxylation is 2. The first-order chi connectivity index (χ1) is 15.6. The molecular weight excluding hydrogens is 400 g/mol. The van der Waals surface area contributed by atoms with E-state index in [4.69, 9.17) is 9.97 Å². The Kier molecular flexibility index (Phi) is 5.94. The molecule has 3 aliphatic rings. The third-order valence-electron chi connectivity index (χ3n) is 7.10. The van der Waals surface area contributed by atoms with Crippen LogP contribution in [0.2, 0.25) is 0 Å². The molecule has 1 aliphatic carbocycles. The molecule has 0 N–H and O–H groups in total. The van der Waals surface area contributed by atoms with Crippen molar-refractivity contribution >= 4 is 17.6 Å². The molecule has 6 nitrogen and oxygen atoms in total. The largest absolute Gasteiger partial charge is 0.342 e. The minimum Gasteiger partial charge on any atom is -0.342 e. The molecule has 1 aromatic carbocycles. The van der Waals surface area contributed by atoms with Gasteiger partial charge in [0.15, 0.2) is 0 Å². The van der Waals surface area contributed by atoms with Gasteiger partial charge in [-0.1, -0.05) is 30.3 Å². The number of rotatable bonds is 6. The Morgan fingerprint density at radius 3 is 2.69 bits per heavy atom. The number of fused-ring (bicyclic) bond motifs is 1. The van der Waals surface area contributed by atoms with Crippen LogP contribution >= 0.6 is 0 Å². The van der Waals surface area contributed by atoms with Crippen LogP contribution in [0.1, 0.15) is 67.1 Å². The van der Waals surface area contributed by atoms with Gasteiger partial charge in [-0.25, -0.2) is 9.97 Å². The highest BCUT2D eigenvalue weighted by Gasteiger charge is 2.34. The van der Waals surface area contributed by atoms with Crippen LogP contribution in [0.3, 0.4) is 0 Å². The van der Waals surface area contributed by atoms with E-state index >= 15 is 0 Å². The fraction of sp³-hybridized carbons (Fsp3) is 0.538. The molecule has 0 spiro atoms. The Morgan fingerprint density at radius 2 is 1.91 bits per heavy atom. The summed E-state index contributed by atoms with van der Waals surface area (Å²) >= 11 is 0. The van der Waals surface area contributed by atoms with Crippen molar-refractivity contribution in [2.24, 2.45) is 5.92 Å². The molecule has 2 fully saturated rings. The molecule has 6 heteroatoms. The molecule has 32 heavy (non-hydrogen) atoms. The first-order valence-corrected chi connectivity index (χ1v) is 12.1. The van der Waals surface area contributed by atoms with Crippen LogP contribution in [0.4, 0.5) is 5.82 Å². The first-order valence-electron chi connectivity index (χ1n) is 12.1. The summed E-state index contributed by atoms with van der Waals surface area (Å²) in [6.45, 7) is 4.31. The minimum atomic E-state index is 0.133. The number of anilines is 1. The zero-order valence-corrected chi connectivity index (χ0v) is 18.9. The second-order valence-electron chi connectivity index (χ2n) is 9.58. The Morgan fingerprint density at radius 1 is 1.09 bits per heavy atom. The third kappa shape index (κ3) is 4.54. The molecule has 1 aromatic heterocycles. The molecule has 3 heterocycles. The quantitative estimate of drug-likeness (QED) is 0.696. The van der Waals surface area contributed by atoms with Gasteiger partial charge < -0.3 is 4.90 Å². The zero-order valence-electron chi connectivity index (χ0n) is 18.9. The van der Waals surface area contributed by atoms with Crippen LogP contribution in [0, 0.1) is 12.8 Å². The molecule has 2 amide bonds. The van der Waals surface area contributed by atoms with Gasteiger partial charge in [-0.2, -0.15) is 0 Å². The average molecular weight is 433 g/mol. The van der Waals surface area contributed by atoms with Crippen LogP contribution in [0.15, 0.2) is 30.3 Å². The van der Waals surface area contributed by atoms with Crippen LogP contribution in [-0.2, 0) is 22.4 Å². The summed E-state index contributed by atoms with van der Waals surface area (Å²) < 4.78 is 0. The molecule has 1 saturated heterocycles. The summed E-state index contributed by atoms with van der Waals surface area (Å²) in [6, 6.07) is 10.2. The summed E-state index contributed by atoms with van der Waals surface area (Å²) in [7, 11) is 0. The van der Waals surface area contributed by atoms with Crippen LogP contribution in [0.5, 0.6) is 0 Å². The van der Waals surface area contributed by atoms with Gasteiger partial charge in [0.2, 0.25) is 11.8 Å². The van der Waals surface area contributed by atoms with E-state index in [-0.39, 0.29) is 17.7 Å². The number of aromatic nitrogens is 2. The van der Waals surface area contributed by atoms with Crippen molar-refractivity contribution in [3.63, 3.8) is 0 Å². The van der Waals surface area contributed by atoms with Crippen LogP contribution in [-0.4, -0.2) is 46.3 Å². The van der Waals surface area contributed by atoms with E-state index in [1.54, 1.807) is 0 Å². The number of carbonyl (C=O) groups is 2. The highest BCUT2D eigenvalue weighted by atomic mass is 16.2. The smallest absolute Gasteiger partial charge is 0.228 e. The maximum absolute atomic E-state index is 12.9. The van der Waals surface area contributed by atoms with Gasteiger partial charge in [0.05, 0.1) is 0 Å². The van der Waals surface area contributed by atoms with Gasteiger partial charge in [0, 0.05) is 49.7 Å². The van der Waals surface area contributed by atoms with Gasteiger partial charge in [0.25, 0.3) is 0 Å². The number of nitrogens with zero attached hydrogens (tertiary/aromatic N) is 4. The van der Waals surface area contributed by atoms with Crippen molar-refractivity contribution in [3.05, 3.63) is 53.0 Å². The lowest BCUT2D eigenvalue weighted by Crippen LogP contribution is -2.41. The van der Waals surface area contributed by atoms with Gasteiger partial charge in [-0.3, -0.25) is 14.5 Å². The van der Waals surface area contributed by atoms with E-state index < -0.39 is 0 Å². The molecule has 1 atom stereocenters. The highest BCUT2D eigenvalue weighted by molar-refractivity contribution is 5.95. The molecular formula is C26H32N4O2. The number of likely N-dealkylation sites (tertiary alicyclic amines) is 1. The second-order valence-corrected chi connectivity index (χ2v) is 9.58. The van der Waals surface area contributed by atoms with Crippen molar-refractivity contribution in [3.8, 4) is 0 Å². The van der Waals surface area contributed by atoms with E-state index in [2.05, 4.69) is 12.1 Å². The maximum Gasteiger partial charge on any atom is 0.228 e. The van der Waals surface area contributed by atoms with Crippen LogP contribution in [0.25, 0.3) is 0 Å². The summed E-state index contributed by atoms with van der Waals surface area (Å²) in [5, 5.41) is 0. The van der Waals surface area contributed by atoms with E-state index in [1.165, 1.54) is 18.4 Å². The monoisotopic (exact) mass is 432 g/mol. The van der Waals surface area contributed by atoms with Crippen molar-refractivity contribution in [1.82, 2.24) is 14.9 Å². The van der Waals surface area contributed by atoms with Gasteiger partial charge in [0.1, 0.15) is 11.6 Å². The molecule has 1 saturated carbocycles. The molecule has 2 aromatic rings. The first kappa shape index (κ1) is 21.1. The van der Waals surface area contributed by atoms with E-state index in [0.29, 0.717) is 25.3 Å². The SMILES string of the molecule is Cc1nc(C2CCCN(C(=O)CCc3ccccc3)C2)nc2c1CCC(=O)N2CC1CC1. The van der Waals surface area contributed by atoms with E-state index in [1.807, 2.05) is 34.9 Å². The number of piperidine rings is 1. The molecule has 0 radical (unpaired) electrons. The van der Waals surface area contributed by atoms with Crippen molar-refractivity contribution in [2.45, 2.75) is 64.2 Å². The topological polar surface area (TPSA) is 66.4 Å². The fourth-order valence-corrected chi connectivity index (χ4v) is 5.00. The normalized spacial score (nSPS) is 20.9. The van der Waals surface area contributed by atoms with Crippen molar-refractivity contribution < 1.29 is 9.59 Å². The van der Waals surface area contributed by atoms with Gasteiger partial charge >= 0.3 is 0 Å². The summed E-state index contributed by atoms with van der Waals surface area (Å²) in [5.74, 6) is 2.79. The predicted molar refractivity (Wildman–Crippen MR) is 123 cm³/mol. The van der Waals surface area contributed by atoms with Gasteiger partial charge in [-0.05, 0) is 56.9 Å². The summed E-state index contributed by atoms with van der Waals surface area (Å²) in [6.07, 6.45) is 6.95. The highest BCUT2D eigenvalue weighted by Crippen LogP contribution is 2.36. The summed E-state index contributed by atoms with van der Waals surface area (Å²) in [5.41, 5.74) is 3.31. The Labute approximate surface area is 190 Å². The average Bonchev–Trinajstić information content (AvgIpc) is 3.64. The molecule has 0 bridgehead atoms. The van der Waals surface area contributed by atoms with Crippen LogP contribution < -0.4 is 4.90 Å². The second kappa shape index (κ2) is 9.00. The molecule has 168 valence electrons. The lowest BCUT2D eigenvalue weighted by molar-refractivity contribution is -0.132. The fourth-order valence-electron chi connectivity index (χ4n) is 5.00. The Hall–Kier alpha value is -2.76. The zero-order chi connectivity index (χ0) is 22.1. The van der Waals surface area contributed by atoms with E-state index in [0.717, 1.165) is 61.7 Å². The van der Waals surface area contributed by atoms with Crippen molar-refractivity contribution in [1.29, 1.82) is 0 Å². The number of hydrogen-bond acceptors (Lipinski definition) is 4. The Bertz CT molecular complexity index is 1000. The maximum atomic E-state index is 12.9. The minimum absolute atomic E-state index is 0.133. The lowest BCUT2D eigenvalue weighted by Gasteiger charge is -2.34. The number of carbonyl (C=O) groups excluding carboxylic acids is 2. The van der Waals surface area contributed by atoms with Crippen molar-refractivity contribution in [2.75, 3.05) is 24.5 Å². The molecule has 5 rings (SSSR count). The van der Waals surface area contributed by atoms with Gasteiger partial charge in [-0.15, -0.1) is 0 Å². The molecule has 2 aliphatic heterocycles. The molecule has 1 unspecified atom stereocenters. The predicted octanol–water partition coefficient (Wildman–Crippen LogP) is 3.81. The standard InChI is InChI=1S/C26H32N4O2/c1-18-22-12-14-24(32)30(16-20-9-10-20)26(22)28-25(27-18)21-8-5-15-29(17-21)23(31)13-11-19-6-3-2-4-7-19/h2-4,6-7,20-21H,5,8-17H2,1H3. The lowest BCUT2D eigenvalue weighted by atomic mass is 9.95. The number of benzene rings is 1. The number of hydrogen-bond donors (Lipinski definition) is 0. The summed E-state index contributed by atoms with van der Waals surface area (Å²) in [4.78, 5) is 39.3. The Balaban J connectivity index is 1.31. The van der Waals surface area contributed by atoms with E-state index in [9.17, 15) is 9.59 Å². The third-order valence-corrected chi connectivity index (χ3v) is 7.10.